The predicted octanol–water partition coefficient (Wildman–Crippen LogP) is 2.98. The summed E-state index contributed by atoms with van der Waals surface area (Å²) in [5, 5.41) is 17.1. The Morgan fingerprint density at radius 1 is 0.944 bits per heavy atom. The van der Waals surface area contributed by atoms with Crippen molar-refractivity contribution in [2.75, 3.05) is 19.4 Å². The second-order valence-corrected chi connectivity index (χ2v) is 10.9. The number of methoxy groups -OCH3 is 1. The highest BCUT2D eigenvalue weighted by Crippen LogP contribution is 2.15. The molecule has 3 atom stereocenters. The molecule has 3 aromatic rings. The van der Waals surface area contributed by atoms with Gasteiger partial charge in [0.2, 0.25) is 5.91 Å². The van der Waals surface area contributed by atoms with Crippen LogP contribution in [0.2, 0.25) is 0 Å². The van der Waals surface area contributed by atoms with Crippen LogP contribution in [0.1, 0.15) is 18.1 Å². The van der Waals surface area contributed by atoms with Crippen molar-refractivity contribution in [3.8, 4) is 5.75 Å². The van der Waals surface area contributed by atoms with Gasteiger partial charge in [0, 0.05) is 19.0 Å². The minimum absolute atomic E-state index is 0.187. The zero-order chi connectivity index (χ0) is 26.0. The van der Waals surface area contributed by atoms with Gasteiger partial charge >= 0.3 is 0 Å². The summed E-state index contributed by atoms with van der Waals surface area (Å²) >= 11 is 0. The molecule has 0 spiro atoms. The zero-order valence-corrected chi connectivity index (χ0v) is 21.4. The Morgan fingerprint density at radius 2 is 1.58 bits per heavy atom. The normalized spacial score (nSPS) is 14.0. The van der Waals surface area contributed by atoms with Crippen LogP contribution in [0.5, 0.6) is 5.75 Å². The Hall–Kier alpha value is -3.20. The van der Waals surface area contributed by atoms with Crippen LogP contribution in [0.25, 0.3) is 0 Å². The summed E-state index contributed by atoms with van der Waals surface area (Å²) in [5.74, 6) is -0.762. The Kier molecular flexibility index (Phi) is 10.0. The van der Waals surface area contributed by atoms with E-state index in [2.05, 4.69) is 10.6 Å². The van der Waals surface area contributed by atoms with E-state index < -0.39 is 33.8 Å². The number of rotatable bonds is 13. The summed E-state index contributed by atoms with van der Waals surface area (Å²) in [7, 11) is -2.01. The van der Waals surface area contributed by atoms with Gasteiger partial charge in [-0.15, -0.1) is 0 Å². The smallest absolute Gasteiger partial charge is 0.224 e. The van der Waals surface area contributed by atoms with Gasteiger partial charge < -0.3 is 20.5 Å². The van der Waals surface area contributed by atoms with Crippen LogP contribution in [0.3, 0.4) is 0 Å². The topological polar surface area (TPSA) is 105 Å². The number of benzene rings is 3. The molecular formula is C28H34N2O5S. The van der Waals surface area contributed by atoms with Gasteiger partial charge in [0.05, 0.1) is 29.9 Å². The summed E-state index contributed by atoms with van der Waals surface area (Å²) < 4.78 is 30.7. The minimum Gasteiger partial charge on any atom is -0.497 e. The van der Waals surface area contributed by atoms with Crippen molar-refractivity contribution in [1.29, 1.82) is 0 Å². The van der Waals surface area contributed by atoms with E-state index in [1.165, 1.54) is 12.1 Å². The molecule has 3 rings (SSSR count). The van der Waals surface area contributed by atoms with Crippen LogP contribution in [-0.4, -0.2) is 51.0 Å². The molecule has 0 heterocycles. The van der Waals surface area contributed by atoms with E-state index in [0.717, 1.165) is 16.9 Å². The Morgan fingerprint density at radius 3 is 2.25 bits per heavy atom. The van der Waals surface area contributed by atoms with Crippen LogP contribution in [0.15, 0.2) is 89.8 Å². The van der Waals surface area contributed by atoms with Crippen LogP contribution >= 0.6 is 0 Å². The summed E-state index contributed by atoms with van der Waals surface area (Å²) in [4.78, 5) is 13.2. The third kappa shape index (κ3) is 8.19. The van der Waals surface area contributed by atoms with Crippen molar-refractivity contribution in [3.05, 3.63) is 96.1 Å². The lowest BCUT2D eigenvalue weighted by Crippen LogP contribution is -2.50. The molecular weight excluding hydrogens is 476 g/mol. The second-order valence-electron chi connectivity index (χ2n) is 8.85. The number of carbonyl (C=O) groups excluding carboxylic acids is 1. The molecule has 0 aromatic heterocycles. The average Bonchev–Trinajstić information content (AvgIpc) is 2.89. The van der Waals surface area contributed by atoms with E-state index in [1.807, 2.05) is 54.6 Å². The van der Waals surface area contributed by atoms with Crippen LogP contribution in [0.4, 0.5) is 0 Å². The van der Waals surface area contributed by atoms with Gasteiger partial charge in [-0.1, -0.05) is 67.6 Å². The lowest BCUT2D eigenvalue weighted by molar-refractivity contribution is -0.125. The minimum atomic E-state index is -3.62. The number of amides is 1. The average molecular weight is 511 g/mol. The van der Waals surface area contributed by atoms with Crippen molar-refractivity contribution >= 4 is 15.7 Å². The highest BCUT2D eigenvalue weighted by molar-refractivity contribution is 7.91. The molecule has 0 fully saturated rings. The molecule has 1 amide bonds. The molecule has 3 N–H and O–H groups in total. The molecule has 192 valence electrons. The van der Waals surface area contributed by atoms with Gasteiger partial charge in [-0.25, -0.2) is 8.42 Å². The summed E-state index contributed by atoms with van der Waals surface area (Å²) in [6.45, 7) is 2.35. The van der Waals surface area contributed by atoms with Gasteiger partial charge in [0.1, 0.15) is 5.75 Å². The Bertz CT molecular complexity index is 1200. The van der Waals surface area contributed by atoms with Crippen LogP contribution in [-0.2, 0) is 27.6 Å². The van der Waals surface area contributed by atoms with E-state index in [9.17, 15) is 18.3 Å². The number of ether oxygens (including phenoxy) is 1. The number of nitrogens with one attached hydrogen (secondary N) is 2. The van der Waals surface area contributed by atoms with E-state index in [1.54, 1.807) is 32.2 Å². The van der Waals surface area contributed by atoms with E-state index in [0.29, 0.717) is 13.0 Å². The zero-order valence-electron chi connectivity index (χ0n) is 20.6. The Balaban J connectivity index is 1.64. The number of carbonyl (C=O) groups is 1. The molecule has 8 heteroatoms. The van der Waals surface area contributed by atoms with Crippen molar-refractivity contribution in [2.24, 2.45) is 5.92 Å². The van der Waals surface area contributed by atoms with Gasteiger partial charge in [-0.05, 0) is 41.8 Å². The molecule has 0 bridgehead atoms. The summed E-state index contributed by atoms with van der Waals surface area (Å²) in [6, 6.07) is 24.7. The van der Waals surface area contributed by atoms with Crippen LogP contribution < -0.4 is 15.4 Å². The first kappa shape index (κ1) is 27.4. The van der Waals surface area contributed by atoms with Gasteiger partial charge in [0.25, 0.3) is 0 Å². The Labute approximate surface area is 213 Å². The quantitative estimate of drug-likeness (QED) is 0.327. The van der Waals surface area contributed by atoms with Crippen molar-refractivity contribution in [1.82, 2.24) is 10.6 Å². The first-order valence-electron chi connectivity index (χ1n) is 11.9. The maximum atomic E-state index is 13.0. The van der Waals surface area contributed by atoms with Gasteiger partial charge in [-0.2, -0.15) is 0 Å². The molecule has 0 radical (unpaired) electrons. The first-order valence-corrected chi connectivity index (χ1v) is 13.6. The lowest BCUT2D eigenvalue weighted by Gasteiger charge is -2.26. The number of hydrogen-bond donors (Lipinski definition) is 3. The van der Waals surface area contributed by atoms with E-state index in [-0.39, 0.29) is 17.2 Å². The van der Waals surface area contributed by atoms with E-state index >= 15 is 0 Å². The maximum absolute atomic E-state index is 13.0. The van der Waals surface area contributed by atoms with Crippen molar-refractivity contribution in [3.63, 3.8) is 0 Å². The van der Waals surface area contributed by atoms with Gasteiger partial charge in [0.15, 0.2) is 9.84 Å². The molecule has 0 saturated carbocycles. The van der Waals surface area contributed by atoms with Crippen molar-refractivity contribution in [2.45, 2.75) is 36.9 Å². The number of aliphatic hydroxyl groups is 1. The predicted molar refractivity (Wildman–Crippen MR) is 140 cm³/mol. The number of sulfone groups is 1. The third-order valence-electron chi connectivity index (χ3n) is 5.93. The molecule has 0 aliphatic carbocycles. The largest absolute Gasteiger partial charge is 0.497 e. The summed E-state index contributed by atoms with van der Waals surface area (Å²) in [5.41, 5.74) is 1.96. The maximum Gasteiger partial charge on any atom is 0.224 e. The lowest BCUT2D eigenvalue weighted by atomic mass is 10.00. The monoisotopic (exact) mass is 510 g/mol. The van der Waals surface area contributed by atoms with Crippen molar-refractivity contribution < 1.29 is 23.1 Å². The SMILES string of the molecule is COc1cccc(CNC[C@@H](O)[C@H](Cc2ccccc2)NC(=O)[C@@H](C)CS(=O)(=O)c2ccccc2)c1. The molecule has 0 aliphatic heterocycles. The molecule has 0 unspecified atom stereocenters. The highest BCUT2D eigenvalue weighted by Gasteiger charge is 2.27. The first-order chi connectivity index (χ1) is 17.3. The molecule has 3 aromatic carbocycles. The number of hydrogen-bond acceptors (Lipinski definition) is 6. The third-order valence-corrected chi connectivity index (χ3v) is 7.86. The van der Waals surface area contributed by atoms with E-state index in [4.69, 9.17) is 4.74 Å². The fourth-order valence-electron chi connectivity index (χ4n) is 3.89. The standard InChI is InChI=1S/C28H34N2O5S/c1-21(20-36(33,34)25-14-7-4-8-15-25)28(32)30-26(17-22-10-5-3-6-11-22)27(31)19-29-18-23-12-9-13-24(16-23)35-2/h3-16,21,26-27,29,31H,17-20H2,1-2H3,(H,30,32)/t21-,26-,27+/m0/s1. The summed E-state index contributed by atoms with van der Waals surface area (Å²) in [6.07, 6.45) is -0.482. The fourth-order valence-corrected chi connectivity index (χ4v) is 5.47. The molecule has 0 saturated heterocycles. The molecule has 36 heavy (non-hydrogen) atoms. The highest BCUT2D eigenvalue weighted by atomic mass is 32.2. The fraction of sp³-hybridized carbons (Fsp3) is 0.321. The second kappa shape index (κ2) is 13.2. The molecule has 7 nitrogen and oxygen atoms in total. The number of aliphatic hydroxyl groups excluding tert-OH is 1. The van der Waals surface area contributed by atoms with Gasteiger partial charge in [-0.3, -0.25) is 4.79 Å². The van der Waals surface area contributed by atoms with Crippen LogP contribution in [0, 0.1) is 5.92 Å². The molecule has 0 aliphatic rings.